The van der Waals surface area contributed by atoms with Crippen LogP contribution in [0.2, 0.25) is 0 Å². The van der Waals surface area contributed by atoms with Crippen LogP contribution >= 0.6 is 0 Å². The van der Waals surface area contributed by atoms with Gasteiger partial charge < -0.3 is 0 Å². The summed E-state index contributed by atoms with van der Waals surface area (Å²) in [5.74, 6) is 0.277. The van der Waals surface area contributed by atoms with Crippen LogP contribution in [0, 0.1) is 13.8 Å². The molecule has 41 heavy (non-hydrogen) atoms. The zero-order valence-electron chi connectivity index (χ0n) is 23.4. The first-order chi connectivity index (χ1) is 20.2. The Bertz CT molecular complexity index is 1750. The molecule has 3 aliphatic carbocycles. The van der Waals surface area contributed by atoms with E-state index in [1.807, 2.05) is 0 Å². The van der Waals surface area contributed by atoms with Crippen molar-refractivity contribution in [2.24, 2.45) is 0 Å². The van der Waals surface area contributed by atoms with Gasteiger partial charge in [0.05, 0.1) is 0 Å². The summed E-state index contributed by atoms with van der Waals surface area (Å²) in [6.07, 6.45) is 0. The molecular formula is C40H31Sb. The monoisotopic (exact) mass is 632 g/mol. The molecule has 0 fully saturated rings. The van der Waals surface area contributed by atoms with Crippen molar-refractivity contribution in [1.29, 1.82) is 0 Å². The fourth-order valence-electron chi connectivity index (χ4n) is 7.44. The van der Waals surface area contributed by atoms with E-state index in [2.05, 4.69) is 159 Å². The van der Waals surface area contributed by atoms with Crippen LogP contribution in [-0.4, -0.2) is 20.2 Å². The van der Waals surface area contributed by atoms with E-state index in [0.717, 1.165) is 0 Å². The molecule has 2 bridgehead atoms. The molecule has 0 amide bonds. The third kappa shape index (κ3) is 3.60. The quantitative estimate of drug-likeness (QED) is 0.183. The molecule has 0 saturated heterocycles. The maximum absolute atomic E-state index is 2.47. The fraction of sp³-hybridized carbons (Fsp3) is 0.100. The molecule has 0 unspecified atom stereocenters. The number of benzene rings is 6. The Morgan fingerprint density at radius 2 is 0.780 bits per heavy atom. The number of rotatable bonds is 4. The minimum atomic E-state index is -2.47. The summed E-state index contributed by atoms with van der Waals surface area (Å²) in [5, 5.41) is 0. The second kappa shape index (κ2) is 9.61. The summed E-state index contributed by atoms with van der Waals surface area (Å²) in [7, 11) is 0. The molecule has 3 aliphatic rings. The van der Waals surface area contributed by atoms with Gasteiger partial charge in [-0.2, -0.15) is 0 Å². The molecule has 0 nitrogen and oxygen atoms in total. The van der Waals surface area contributed by atoms with Crippen LogP contribution in [0.3, 0.4) is 0 Å². The predicted molar refractivity (Wildman–Crippen MR) is 173 cm³/mol. The Labute approximate surface area is 250 Å². The van der Waals surface area contributed by atoms with Crippen molar-refractivity contribution in [2.75, 3.05) is 0 Å². The average molecular weight is 633 g/mol. The van der Waals surface area contributed by atoms with Crippen molar-refractivity contribution in [3.63, 3.8) is 0 Å². The summed E-state index contributed by atoms with van der Waals surface area (Å²) in [4.78, 5) is 0. The van der Waals surface area contributed by atoms with Gasteiger partial charge in [-0.25, -0.2) is 0 Å². The number of hydrogen-bond donors (Lipinski definition) is 0. The normalized spacial score (nSPS) is 18.1. The summed E-state index contributed by atoms with van der Waals surface area (Å²) in [5.41, 5.74) is 12.4. The van der Waals surface area contributed by atoms with Crippen molar-refractivity contribution in [1.82, 2.24) is 0 Å². The maximum atomic E-state index is 2.46. The second-order valence-corrected chi connectivity index (χ2v) is 17.7. The van der Waals surface area contributed by atoms with E-state index < -0.39 is 20.2 Å². The van der Waals surface area contributed by atoms with Crippen molar-refractivity contribution >= 4 is 30.7 Å². The van der Waals surface area contributed by atoms with Gasteiger partial charge in [-0.15, -0.1) is 0 Å². The molecule has 0 aliphatic heterocycles. The van der Waals surface area contributed by atoms with Gasteiger partial charge in [-0.1, -0.05) is 0 Å². The van der Waals surface area contributed by atoms with E-state index in [4.69, 9.17) is 0 Å². The van der Waals surface area contributed by atoms with Gasteiger partial charge in [0.1, 0.15) is 0 Å². The van der Waals surface area contributed by atoms with Crippen molar-refractivity contribution in [2.45, 2.75) is 25.2 Å². The van der Waals surface area contributed by atoms with Crippen LogP contribution in [0.25, 0.3) is 0 Å². The standard InChI is InChI=1S/C26H17.2C7H7.Sb/c1-2-10-18(11-3-1)26-22-15-7-4-12-19(22)25(20-13-5-8-16-23(20)26)21-14-6-9-17-24(21)26;2*1-7-5-3-2-4-6-7;/h1-10,12-17,25H;2*3-6H,1H3;. The molecule has 0 atom stereocenters. The Kier molecular flexibility index (Phi) is 5.84. The van der Waals surface area contributed by atoms with E-state index in [1.54, 1.807) is 3.51 Å². The van der Waals surface area contributed by atoms with Crippen LogP contribution in [0.15, 0.2) is 146 Å². The number of aryl methyl sites for hydroxylation is 2. The molecule has 9 rings (SSSR count). The fourth-order valence-corrected chi connectivity index (χ4v) is 14.5. The first-order valence-electron chi connectivity index (χ1n) is 14.5. The van der Waals surface area contributed by atoms with E-state index >= 15 is 0 Å². The second-order valence-electron chi connectivity index (χ2n) is 11.5. The molecule has 6 aromatic carbocycles. The Morgan fingerprint density at radius 1 is 0.415 bits per heavy atom. The van der Waals surface area contributed by atoms with E-state index in [0.29, 0.717) is 0 Å². The van der Waals surface area contributed by atoms with E-state index in [1.165, 1.54) is 57.1 Å². The summed E-state index contributed by atoms with van der Waals surface area (Å²) < 4.78 is 4.55. The minimum absolute atomic E-state index is 0.277. The molecule has 1 heteroatoms. The number of hydrogen-bond acceptors (Lipinski definition) is 0. The van der Waals surface area contributed by atoms with Crippen LogP contribution in [0.1, 0.15) is 56.0 Å². The topological polar surface area (TPSA) is 0 Å². The summed E-state index contributed by atoms with van der Waals surface area (Å²) in [6, 6.07) is 56.0. The molecule has 0 N–H and O–H groups in total. The predicted octanol–water partition coefficient (Wildman–Crippen LogP) is 7.01. The van der Waals surface area contributed by atoms with Gasteiger partial charge in [0.25, 0.3) is 0 Å². The Morgan fingerprint density at radius 3 is 1.22 bits per heavy atom. The molecule has 0 aromatic heterocycles. The first kappa shape index (κ1) is 24.9. The van der Waals surface area contributed by atoms with Crippen LogP contribution in [0.4, 0.5) is 0 Å². The summed E-state index contributed by atoms with van der Waals surface area (Å²) in [6.45, 7) is 4.38. The SMILES string of the molecule is Cc1cc[c]([Sb]([c]2ccc(C)cc2)[c]2ccccc2C23c4ccccc4C(c4ccccc42)c2ccccc23)cc1. The van der Waals surface area contributed by atoms with Crippen molar-refractivity contribution in [3.8, 4) is 0 Å². The molecule has 0 spiro atoms. The van der Waals surface area contributed by atoms with Gasteiger partial charge in [-0.05, 0) is 0 Å². The Hall–Kier alpha value is -3.86. The molecule has 6 aromatic rings. The third-order valence-corrected chi connectivity index (χ3v) is 16.3. The van der Waals surface area contributed by atoms with Crippen molar-refractivity contribution in [3.05, 3.63) is 196 Å². The van der Waals surface area contributed by atoms with Crippen molar-refractivity contribution < 1.29 is 0 Å². The van der Waals surface area contributed by atoms with Crippen LogP contribution < -0.4 is 10.5 Å². The van der Waals surface area contributed by atoms with E-state index in [9.17, 15) is 0 Å². The molecule has 0 radical (unpaired) electrons. The average Bonchev–Trinajstić information content (AvgIpc) is 3.03. The van der Waals surface area contributed by atoms with Gasteiger partial charge in [-0.3, -0.25) is 0 Å². The molecule has 0 saturated carbocycles. The van der Waals surface area contributed by atoms with Crippen LogP contribution in [-0.2, 0) is 5.41 Å². The van der Waals surface area contributed by atoms with Crippen LogP contribution in [0.5, 0.6) is 0 Å². The molecule has 196 valence electrons. The van der Waals surface area contributed by atoms with Gasteiger partial charge >= 0.3 is 252 Å². The Balaban J connectivity index is 1.50. The molecule has 0 heterocycles. The van der Waals surface area contributed by atoms with Gasteiger partial charge in [0.2, 0.25) is 0 Å². The molecular weight excluding hydrogens is 602 g/mol. The summed E-state index contributed by atoms with van der Waals surface area (Å²) >= 11 is -2.47. The van der Waals surface area contributed by atoms with E-state index in [-0.39, 0.29) is 11.3 Å². The van der Waals surface area contributed by atoms with Gasteiger partial charge in [0.15, 0.2) is 0 Å². The third-order valence-electron chi connectivity index (χ3n) is 9.16. The van der Waals surface area contributed by atoms with Gasteiger partial charge in [0, 0.05) is 0 Å². The zero-order chi connectivity index (χ0) is 27.6. The zero-order valence-corrected chi connectivity index (χ0v) is 25.9. The first-order valence-corrected chi connectivity index (χ1v) is 18.3.